The Hall–Kier alpha value is -2.82. The van der Waals surface area contributed by atoms with Crippen molar-refractivity contribution in [3.05, 3.63) is 59.7 Å². The highest BCUT2D eigenvalue weighted by Crippen LogP contribution is 2.27. The smallest absolute Gasteiger partial charge is 0.261 e. The van der Waals surface area contributed by atoms with Gasteiger partial charge < -0.3 is 15.0 Å². The Morgan fingerprint density at radius 3 is 2.69 bits per heavy atom. The molecule has 1 fully saturated rings. The summed E-state index contributed by atoms with van der Waals surface area (Å²) in [5.74, 6) is 0.901. The fourth-order valence-corrected chi connectivity index (χ4v) is 3.53. The molecule has 0 spiro atoms. The Bertz CT molecular complexity index is 816. The first-order valence-corrected chi connectivity index (χ1v) is 9.12. The number of amides is 2. The van der Waals surface area contributed by atoms with Crippen molar-refractivity contribution >= 4 is 17.5 Å². The fourth-order valence-electron chi connectivity index (χ4n) is 3.53. The summed E-state index contributed by atoms with van der Waals surface area (Å²) in [7, 11) is 0. The predicted molar refractivity (Wildman–Crippen MR) is 99.1 cm³/mol. The largest absolute Gasteiger partial charge is 0.480 e. The second-order valence-corrected chi connectivity index (χ2v) is 6.79. The van der Waals surface area contributed by atoms with E-state index in [0.29, 0.717) is 19.4 Å². The summed E-state index contributed by atoms with van der Waals surface area (Å²) in [6.45, 7) is 1.24. The van der Waals surface area contributed by atoms with Crippen LogP contribution in [0.5, 0.6) is 5.75 Å². The van der Waals surface area contributed by atoms with E-state index in [-0.39, 0.29) is 11.8 Å². The lowest BCUT2D eigenvalue weighted by molar-refractivity contribution is -0.128. The normalized spacial score (nSPS) is 19.0. The molecule has 2 amide bonds. The molecule has 4 rings (SSSR count). The fraction of sp³-hybridized carbons (Fsp3) is 0.333. The van der Waals surface area contributed by atoms with Gasteiger partial charge in [-0.05, 0) is 48.6 Å². The summed E-state index contributed by atoms with van der Waals surface area (Å²) in [5, 5.41) is 2.95. The number of hydrogen-bond acceptors (Lipinski definition) is 3. The Morgan fingerprint density at radius 1 is 1.12 bits per heavy atom. The maximum Gasteiger partial charge on any atom is 0.261 e. The first kappa shape index (κ1) is 16.6. The van der Waals surface area contributed by atoms with Gasteiger partial charge in [0.2, 0.25) is 5.91 Å². The van der Waals surface area contributed by atoms with Crippen LogP contribution in [0.25, 0.3) is 0 Å². The van der Waals surface area contributed by atoms with Crippen LogP contribution in [0.1, 0.15) is 30.4 Å². The molecule has 1 saturated heterocycles. The third kappa shape index (κ3) is 3.43. The van der Waals surface area contributed by atoms with Crippen LogP contribution in [0.2, 0.25) is 0 Å². The Labute approximate surface area is 153 Å². The first-order valence-electron chi connectivity index (χ1n) is 9.12. The summed E-state index contributed by atoms with van der Waals surface area (Å²) in [5.41, 5.74) is 3.09. The van der Waals surface area contributed by atoms with Gasteiger partial charge in [0.05, 0.1) is 0 Å². The SMILES string of the molecule is O=C(NCc1ccc(N2CCCC2=O)cc1)[C@H]1CCc2ccccc2O1. The first-order chi connectivity index (χ1) is 12.7. The Kier molecular flexibility index (Phi) is 4.61. The zero-order chi connectivity index (χ0) is 17.9. The van der Waals surface area contributed by atoms with Gasteiger partial charge >= 0.3 is 0 Å². The molecule has 2 aromatic carbocycles. The standard InChI is InChI=1S/C21H22N2O3/c24-20-6-3-13-23(20)17-10-7-15(8-11-17)14-22-21(25)19-12-9-16-4-1-2-5-18(16)26-19/h1-2,4-5,7-8,10-11,19H,3,6,9,12-14H2,(H,22,25)/t19-/m1/s1. The van der Waals surface area contributed by atoms with Gasteiger partial charge in [-0.1, -0.05) is 30.3 Å². The van der Waals surface area contributed by atoms with E-state index >= 15 is 0 Å². The molecule has 0 bridgehead atoms. The average Bonchev–Trinajstić information content (AvgIpc) is 3.12. The molecule has 0 saturated carbocycles. The molecule has 5 nitrogen and oxygen atoms in total. The lowest BCUT2D eigenvalue weighted by Crippen LogP contribution is -2.40. The Morgan fingerprint density at radius 2 is 1.92 bits per heavy atom. The minimum Gasteiger partial charge on any atom is -0.480 e. The van der Waals surface area contributed by atoms with E-state index in [1.54, 1.807) is 0 Å². The van der Waals surface area contributed by atoms with Crippen molar-refractivity contribution in [2.45, 2.75) is 38.3 Å². The lowest BCUT2D eigenvalue weighted by atomic mass is 10.0. The molecule has 2 aliphatic heterocycles. The van der Waals surface area contributed by atoms with Crippen molar-refractivity contribution in [3.8, 4) is 5.75 Å². The molecule has 1 N–H and O–H groups in total. The third-order valence-electron chi connectivity index (χ3n) is 5.00. The molecule has 1 atom stereocenters. The topological polar surface area (TPSA) is 58.6 Å². The summed E-state index contributed by atoms with van der Waals surface area (Å²) >= 11 is 0. The molecule has 2 heterocycles. The second-order valence-electron chi connectivity index (χ2n) is 6.79. The Balaban J connectivity index is 1.33. The van der Waals surface area contributed by atoms with Crippen LogP contribution >= 0.6 is 0 Å². The van der Waals surface area contributed by atoms with Crippen LogP contribution in [0.3, 0.4) is 0 Å². The molecular weight excluding hydrogens is 328 g/mol. The van der Waals surface area contributed by atoms with Gasteiger partial charge in [-0.3, -0.25) is 9.59 Å². The molecule has 134 valence electrons. The van der Waals surface area contributed by atoms with Gasteiger partial charge in [0.25, 0.3) is 5.91 Å². The number of nitrogens with zero attached hydrogens (tertiary/aromatic N) is 1. The van der Waals surface area contributed by atoms with Gasteiger partial charge in [-0.2, -0.15) is 0 Å². The summed E-state index contributed by atoms with van der Waals surface area (Å²) in [6, 6.07) is 15.7. The van der Waals surface area contributed by atoms with Gasteiger partial charge in [0.1, 0.15) is 5.75 Å². The van der Waals surface area contributed by atoms with Crippen molar-refractivity contribution in [2.24, 2.45) is 0 Å². The number of benzene rings is 2. The zero-order valence-corrected chi connectivity index (χ0v) is 14.6. The number of aryl methyl sites for hydroxylation is 1. The van der Waals surface area contributed by atoms with E-state index in [1.807, 2.05) is 53.4 Å². The van der Waals surface area contributed by atoms with Crippen molar-refractivity contribution in [1.29, 1.82) is 0 Å². The number of hydrogen-bond donors (Lipinski definition) is 1. The van der Waals surface area contributed by atoms with Crippen LogP contribution in [-0.2, 0) is 22.6 Å². The van der Waals surface area contributed by atoms with Gasteiger partial charge in [0.15, 0.2) is 6.10 Å². The number of carbonyl (C=O) groups excluding carboxylic acids is 2. The quantitative estimate of drug-likeness (QED) is 0.922. The van der Waals surface area contributed by atoms with Gasteiger partial charge in [-0.25, -0.2) is 0 Å². The van der Waals surface area contributed by atoms with E-state index < -0.39 is 6.10 Å². The molecule has 0 unspecified atom stereocenters. The number of rotatable bonds is 4. The summed E-state index contributed by atoms with van der Waals surface area (Å²) < 4.78 is 5.82. The summed E-state index contributed by atoms with van der Waals surface area (Å²) in [6.07, 6.45) is 2.65. The van der Waals surface area contributed by atoms with Crippen LogP contribution in [0, 0.1) is 0 Å². The van der Waals surface area contributed by atoms with Crippen LogP contribution in [-0.4, -0.2) is 24.5 Å². The third-order valence-corrected chi connectivity index (χ3v) is 5.00. The van der Waals surface area contributed by atoms with Crippen LogP contribution < -0.4 is 15.0 Å². The number of ether oxygens (including phenoxy) is 1. The van der Waals surface area contributed by atoms with Crippen molar-refractivity contribution in [2.75, 3.05) is 11.4 Å². The van der Waals surface area contributed by atoms with E-state index in [9.17, 15) is 9.59 Å². The highest BCUT2D eigenvalue weighted by molar-refractivity contribution is 5.95. The van der Waals surface area contributed by atoms with Crippen LogP contribution in [0.4, 0.5) is 5.69 Å². The maximum absolute atomic E-state index is 12.4. The molecule has 2 aromatic rings. The molecule has 26 heavy (non-hydrogen) atoms. The number of fused-ring (bicyclic) bond motifs is 1. The molecular formula is C21H22N2O3. The average molecular weight is 350 g/mol. The molecule has 0 radical (unpaired) electrons. The predicted octanol–water partition coefficient (Wildman–Crippen LogP) is 2.82. The number of anilines is 1. The van der Waals surface area contributed by atoms with Gasteiger partial charge in [-0.15, -0.1) is 0 Å². The minimum absolute atomic E-state index is 0.0849. The van der Waals surface area contributed by atoms with Crippen molar-refractivity contribution in [1.82, 2.24) is 5.32 Å². The van der Waals surface area contributed by atoms with E-state index in [4.69, 9.17) is 4.74 Å². The summed E-state index contributed by atoms with van der Waals surface area (Å²) in [4.78, 5) is 26.0. The maximum atomic E-state index is 12.4. The highest BCUT2D eigenvalue weighted by atomic mass is 16.5. The molecule has 0 aromatic heterocycles. The van der Waals surface area contributed by atoms with Gasteiger partial charge in [0, 0.05) is 25.2 Å². The van der Waals surface area contributed by atoms with E-state index in [2.05, 4.69) is 5.32 Å². The highest BCUT2D eigenvalue weighted by Gasteiger charge is 2.25. The number of para-hydroxylation sites is 1. The monoisotopic (exact) mass is 350 g/mol. The molecule has 5 heteroatoms. The lowest BCUT2D eigenvalue weighted by Gasteiger charge is -2.25. The molecule has 2 aliphatic rings. The minimum atomic E-state index is -0.439. The number of nitrogens with one attached hydrogen (secondary N) is 1. The van der Waals surface area contributed by atoms with Crippen LogP contribution in [0.15, 0.2) is 48.5 Å². The van der Waals surface area contributed by atoms with E-state index in [1.165, 1.54) is 0 Å². The molecule has 0 aliphatic carbocycles. The number of carbonyl (C=O) groups is 2. The zero-order valence-electron chi connectivity index (χ0n) is 14.6. The second kappa shape index (κ2) is 7.20. The van der Waals surface area contributed by atoms with Crippen molar-refractivity contribution < 1.29 is 14.3 Å². The van der Waals surface area contributed by atoms with Crippen molar-refractivity contribution in [3.63, 3.8) is 0 Å². The van der Waals surface area contributed by atoms with E-state index in [0.717, 1.165) is 42.0 Å².